The molecule has 2 heterocycles. The maximum Gasteiger partial charge on any atom is 0.274 e. The van der Waals surface area contributed by atoms with Crippen LogP contribution in [0.2, 0.25) is 0 Å². The molecule has 142 valence electrons. The van der Waals surface area contributed by atoms with Crippen LogP contribution in [0.15, 0.2) is 54.6 Å². The Kier molecular flexibility index (Phi) is 4.82. The number of hydrogen-bond acceptors (Lipinski definition) is 4. The number of carbonyl (C=O) groups is 1. The zero-order chi connectivity index (χ0) is 19.7. The number of fused-ring (bicyclic) bond motifs is 1. The molecule has 1 aromatic heterocycles. The lowest BCUT2D eigenvalue weighted by molar-refractivity contribution is 0.102. The predicted octanol–water partition coefficient (Wildman–Crippen LogP) is 4.85. The van der Waals surface area contributed by atoms with E-state index in [1.54, 1.807) is 6.07 Å². The van der Waals surface area contributed by atoms with E-state index in [0.29, 0.717) is 17.4 Å². The van der Waals surface area contributed by atoms with Crippen molar-refractivity contribution in [2.75, 3.05) is 16.8 Å². The Hall–Kier alpha value is -3.21. The predicted molar refractivity (Wildman–Crippen MR) is 112 cm³/mol. The number of benzene rings is 2. The van der Waals surface area contributed by atoms with E-state index in [-0.39, 0.29) is 5.91 Å². The molecule has 0 fully saturated rings. The minimum atomic E-state index is -0.215. The summed E-state index contributed by atoms with van der Waals surface area (Å²) in [7, 11) is 0. The fourth-order valence-corrected chi connectivity index (χ4v) is 3.68. The molecular formula is C23H24N4O. The summed E-state index contributed by atoms with van der Waals surface area (Å²) in [5, 5.41) is 3.02. The second-order valence-corrected chi connectivity index (χ2v) is 7.39. The van der Waals surface area contributed by atoms with Crippen molar-refractivity contribution >= 4 is 23.1 Å². The Labute approximate surface area is 165 Å². The number of nitrogens with one attached hydrogen (secondary N) is 1. The Morgan fingerprint density at radius 3 is 2.64 bits per heavy atom. The summed E-state index contributed by atoms with van der Waals surface area (Å²) in [5.41, 5.74) is 4.76. The molecule has 1 amide bonds. The molecule has 0 unspecified atom stereocenters. The van der Waals surface area contributed by atoms with Crippen LogP contribution in [0.5, 0.6) is 0 Å². The van der Waals surface area contributed by atoms with Crippen molar-refractivity contribution < 1.29 is 4.79 Å². The first kappa shape index (κ1) is 18.2. The highest BCUT2D eigenvalue weighted by Crippen LogP contribution is 2.33. The van der Waals surface area contributed by atoms with Crippen molar-refractivity contribution in [1.82, 2.24) is 9.97 Å². The van der Waals surface area contributed by atoms with Crippen molar-refractivity contribution in [3.05, 3.63) is 77.2 Å². The standard InChI is InChI=1S/C23H24N4O/c1-15(2)18-9-5-6-10-19(18)26-23(28)20-14-22(25-16(3)24-20)27-13-12-17-8-4-7-11-21(17)27/h4-11,14-15H,12-13H2,1-3H3,(H,26,28). The molecular weight excluding hydrogens is 348 g/mol. The molecule has 3 aromatic rings. The van der Waals surface area contributed by atoms with Gasteiger partial charge in [0.25, 0.3) is 5.91 Å². The molecule has 0 saturated heterocycles. The number of anilines is 3. The first-order valence-corrected chi connectivity index (χ1v) is 9.64. The number of aryl methyl sites for hydroxylation is 1. The Balaban J connectivity index is 1.64. The maximum atomic E-state index is 12.9. The van der Waals surface area contributed by atoms with Crippen LogP contribution in [0.1, 0.15) is 47.2 Å². The van der Waals surface area contributed by atoms with Gasteiger partial charge in [-0.1, -0.05) is 50.2 Å². The average molecular weight is 372 g/mol. The van der Waals surface area contributed by atoms with E-state index < -0.39 is 0 Å². The number of nitrogens with zero attached hydrogens (tertiary/aromatic N) is 3. The number of rotatable bonds is 4. The number of carbonyl (C=O) groups excluding carboxylic acids is 1. The highest BCUT2D eigenvalue weighted by Gasteiger charge is 2.23. The molecule has 4 rings (SSSR count). The third-order valence-corrected chi connectivity index (χ3v) is 5.05. The van der Waals surface area contributed by atoms with Crippen molar-refractivity contribution in [3.63, 3.8) is 0 Å². The lowest BCUT2D eigenvalue weighted by Crippen LogP contribution is -2.20. The van der Waals surface area contributed by atoms with Crippen LogP contribution in [-0.2, 0) is 6.42 Å². The fourth-order valence-electron chi connectivity index (χ4n) is 3.68. The Morgan fingerprint density at radius 2 is 1.82 bits per heavy atom. The molecule has 0 spiro atoms. The molecule has 5 heteroatoms. The topological polar surface area (TPSA) is 58.1 Å². The van der Waals surface area contributed by atoms with E-state index in [2.05, 4.69) is 52.2 Å². The highest BCUT2D eigenvalue weighted by molar-refractivity contribution is 6.03. The summed E-state index contributed by atoms with van der Waals surface area (Å²) < 4.78 is 0. The van der Waals surface area contributed by atoms with Gasteiger partial charge in [0.05, 0.1) is 0 Å². The van der Waals surface area contributed by atoms with Crippen LogP contribution in [0.4, 0.5) is 17.2 Å². The van der Waals surface area contributed by atoms with Gasteiger partial charge >= 0.3 is 0 Å². The van der Waals surface area contributed by atoms with Crippen molar-refractivity contribution in [2.45, 2.75) is 33.1 Å². The quantitative estimate of drug-likeness (QED) is 0.711. The highest BCUT2D eigenvalue weighted by atomic mass is 16.1. The first-order chi connectivity index (χ1) is 13.5. The summed E-state index contributed by atoms with van der Waals surface area (Å²) in [5.74, 6) is 1.46. The van der Waals surface area contributed by atoms with Crippen molar-refractivity contribution in [2.24, 2.45) is 0 Å². The van der Waals surface area contributed by atoms with Crippen LogP contribution in [0, 0.1) is 6.92 Å². The monoisotopic (exact) mass is 372 g/mol. The van der Waals surface area contributed by atoms with Crippen molar-refractivity contribution in [3.8, 4) is 0 Å². The fraction of sp³-hybridized carbons (Fsp3) is 0.261. The summed E-state index contributed by atoms with van der Waals surface area (Å²) >= 11 is 0. The van der Waals surface area contributed by atoms with Crippen LogP contribution in [0.3, 0.4) is 0 Å². The second kappa shape index (κ2) is 7.43. The molecule has 0 saturated carbocycles. The largest absolute Gasteiger partial charge is 0.326 e. The summed E-state index contributed by atoms with van der Waals surface area (Å²) in [6, 6.07) is 18.0. The van der Waals surface area contributed by atoms with Gasteiger partial charge in [-0.15, -0.1) is 0 Å². The zero-order valence-corrected chi connectivity index (χ0v) is 16.4. The molecule has 0 bridgehead atoms. The van der Waals surface area contributed by atoms with E-state index in [1.165, 1.54) is 5.56 Å². The average Bonchev–Trinajstić information content (AvgIpc) is 3.12. The first-order valence-electron chi connectivity index (χ1n) is 9.64. The van der Waals surface area contributed by atoms with E-state index in [4.69, 9.17) is 0 Å². The Morgan fingerprint density at radius 1 is 1.07 bits per heavy atom. The molecule has 5 nitrogen and oxygen atoms in total. The summed E-state index contributed by atoms with van der Waals surface area (Å²) in [4.78, 5) is 24.1. The van der Waals surface area contributed by atoms with E-state index in [0.717, 1.165) is 35.7 Å². The molecule has 0 radical (unpaired) electrons. The van der Waals surface area contributed by atoms with E-state index in [1.807, 2.05) is 37.3 Å². The second-order valence-electron chi connectivity index (χ2n) is 7.39. The summed E-state index contributed by atoms with van der Waals surface area (Å²) in [6.45, 7) is 6.91. The molecule has 0 atom stereocenters. The maximum absolute atomic E-state index is 12.9. The molecule has 0 aliphatic carbocycles. The van der Waals surface area contributed by atoms with Crippen LogP contribution < -0.4 is 10.2 Å². The molecule has 1 aliphatic heterocycles. The zero-order valence-electron chi connectivity index (χ0n) is 16.4. The normalized spacial score (nSPS) is 12.9. The van der Waals surface area contributed by atoms with Crippen LogP contribution >= 0.6 is 0 Å². The van der Waals surface area contributed by atoms with Gasteiger partial charge in [-0.3, -0.25) is 4.79 Å². The van der Waals surface area contributed by atoms with E-state index >= 15 is 0 Å². The molecule has 28 heavy (non-hydrogen) atoms. The number of aromatic nitrogens is 2. The van der Waals surface area contributed by atoms with Crippen LogP contribution in [-0.4, -0.2) is 22.4 Å². The lowest BCUT2D eigenvalue weighted by Gasteiger charge is -2.19. The van der Waals surface area contributed by atoms with Crippen LogP contribution in [0.25, 0.3) is 0 Å². The molecule has 1 N–H and O–H groups in total. The van der Waals surface area contributed by atoms with Gasteiger partial charge in [0.1, 0.15) is 17.3 Å². The van der Waals surface area contributed by atoms with Gasteiger partial charge in [-0.2, -0.15) is 0 Å². The third kappa shape index (κ3) is 3.48. The third-order valence-electron chi connectivity index (χ3n) is 5.05. The van der Waals surface area contributed by atoms with Gasteiger partial charge in [-0.25, -0.2) is 9.97 Å². The minimum absolute atomic E-state index is 0.215. The van der Waals surface area contributed by atoms with Gasteiger partial charge < -0.3 is 10.2 Å². The van der Waals surface area contributed by atoms with Gasteiger partial charge in [0.15, 0.2) is 0 Å². The molecule has 2 aromatic carbocycles. The molecule has 1 aliphatic rings. The lowest BCUT2D eigenvalue weighted by atomic mass is 10.0. The number of hydrogen-bond donors (Lipinski definition) is 1. The number of amides is 1. The summed E-state index contributed by atoms with van der Waals surface area (Å²) in [6.07, 6.45) is 0.975. The smallest absolute Gasteiger partial charge is 0.274 e. The Bertz CT molecular complexity index is 1030. The van der Waals surface area contributed by atoms with Gasteiger partial charge in [-0.05, 0) is 42.5 Å². The van der Waals surface area contributed by atoms with Crippen molar-refractivity contribution in [1.29, 1.82) is 0 Å². The SMILES string of the molecule is Cc1nc(C(=O)Nc2ccccc2C(C)C)cc(N2CCc3ccccc32)n1. The number of para-hydroxylation sites is 2. The van der Waals surface area contributed by atoms with Gasteiger partial charge in [0.2, 0.25) is 0 Å². The van der Waals surface area contributed by atoms with E-state index in [9.17, 15) is 4.79 Å². The van der Waals surface area contributed by atoms with Gasteiger partial charge in [0, 0.05) is 24.0 Å². The minimum Gasteiger partial charge on any atom is -0.326 e.